The molecule has 0 unspecified atom stereocenters. The molecule has 0 aliphatic heterocycles. The smallest absolute Gasteiger partial charge is 0.300 e. The molecule has 0 radical (unpaired) electrons. The lowest BCUT2D eigenvalue weighted by Crippen LogP contribution is -1.78. The van der Waals surface area contributed by atoms with Crippen molar-refractivity contribution in [3.63, 3.8) is 0 Å². The van der Waals surface area contributed by atoms with Crippen molar-refractivity contribution in [3.8, 4) is 0 Å². The number of hydrogen-bond donors (Lipinski definition) is 1. The van der Waals surface area contributed by atoms with Gasteiger partial charge in [0.25, 0.3) is 5.97 Å². The van der Waals surface area contributed by atoms with Gasteiger partial charge in [-0.05, 0) is 0 Å². The predicted octanol–water partition coefficient (Wildman–Crippen LogP) is 0.0909. The fourth-order valence-corrected chi connectivity index (χ4v) is 0. The van der Waals surface area contributed by atoms with Gasteiger partial charge in [0, 0.05) is 11.0 Å². The second-order valence-corrected chi connectivity index (χ2v) is 0.305. The van der Waals surface area contributed by atoms with Crippen molar-refractivity contribution in [2.45, 2.75) is 6.85 Å². The van der Waals surface area contributed by atoms with Gasteiger partial charge >= 0.3 is 0 Å². The maximum absolute atomic E-state index is 9.46. The molecule has 0 heterocycles. The first-order valence-corrected chi connectivity index (χ1v) is 0.678. The standard InChI is InChI=1S/C2H4O2/c1-2(3)4/h1H3,(H,3,4)/i1T3. The average Bonchev–Trinajstić information content (AvgIpc) is 1.31. The summed E-state index contributed by atoms with van der Waals surface area (Å²) in [4.78, 5) is 9.46. The molecular weight excluding hydrogens is 56.0 g/mol. The minimum absolute atomic E-state index is 1.76. The zero-order valence-corrected chi connectivity index (χ0v) is 1.86. The Morgan fingerprint density at radius 2 is 2.75 bits per heavy atom. The topological polar surface area (TPSA) is 37.3 Å². The van der Waals surface area contributed by atoms with Crippen LogP contribution in [0.3, 0.4) is 0 Å². The van der Waals surface area contributed by atoms with E-state index in [2.05, 4.69) is 0 Å². The summed E-state index contributed by atoms with van der Waals surface area (Å²) < 4.78 is 18.4. The Bertz CT molecular complexity index is 83.4. The van der Waals surface area contributed by atoms with E-state index in [1.165, 1.54) is 0 Å². The molecule has 4 heavy (non-hydrogen) atoms. The molecule has 0 fully saturated rings. The molecule has 0 spiro atoms. The molecule has 0 rings (SSSR count). The van der Waals surface area contributed by atoms with Crippen LogP contribution < -0.4 is 0 Å². The highest BCUT2D eigenvalue weighted by Gasteiger charge is 1.65. The van der Waals surface area contributed by atoms with E-state index in [1.807, 2.05) is 0 Å². The van der Waals surface area contributed by atoms with Gasteiger partial charge in [0.15, 0.2) is 0 Å². The van der Waals surface area contributed by atoms with E-state index in [0.29, 0.717) is 0 Å². The quantitative estimate of drug-likeness (QED) is 0.435. The van der Waals surface area contributed by atoms with Gasteiger partial charge in [-0.1, -0.05) is 0 Å². The molecule has 0 aromatic heterocycles. The number of rotatable bonds is 0. The summed E-state index contributed by atoms with van der Waals surface area (Å²) in [6.07, 6.45) is 0. The first kappa shape index (κ1) is 0.708. The summed E-state index contributed by atoms with van der Waals surface area (Å²) in [6, 6.07) is 0. The lowest BCUT2D eigenvalue weighted by atomic mass is 10.9. The Labute approximate surface area is 28.3 Å². The van der Waals surface area contributed by atoms with Gasteiger partial charge < -0.3 is 5.11 Å². The van der Waals surface area contributed by atoms with Gasteiger partial charge in [0.2, 0.25) is 0 Å². The summed E-state index contributed by atoms with van der Waals surface area (Å²) in [5, 5.41) is 7.69. The SMILES string of the molecule is [3H]C([3H])([3H])C(=O)O. The van der Waals surface area contributed by atoms with Crippen molar-refractivity contribution in [1.82, 2.24) is 0 Å². The van der Waals surface area contributed by atoms with Crippen LogP contribution in [-0.4, -0.2) is 11.1 Å². The number of hydrogen-bond acceptors (Lipinski definition) is 1. The molecule has 0 atom stereocenters. The van der Waals surface area contributed by atoms with E-state index >= 15 is 0 Å². The molecular formula is C2H4O2. The number of carboxylic acid groups (broad SMARTS) is 1. The average molecular weight is 66.1 g/mol. The summed E-state index contributed by atoms with van der Waals surface area (Å²) >= 11 is 0. The third kappa shape index (κ3) is 1.16. The van der Waals surface area contributed by atoms with E-state index in [1.54, 1.807) is 0 Å². The Morgan fingerprint density at radius 1 is 2.50 bits per heavy atom. The van der Waals surface area contributed by atoms with Gasteiger partial charge in [0.05, 0.1) is 0 Å². The first-order valence-electron chi connectivity index (χ1n) is 2.18. The van der Waals surface area contributed by atoms with Gasteiger partial charge in [-0.25, -0.2) is 0 Å². The minimum atomic E-state index is -2.83. The lowest BCUT2D eigenvalue weighted by Gasteiger charge is -1.59. The molecule has 0 saturated carbocycles. The highest BCUT2D eigenvalue weighted by Crippen LogP contribution is 1.42. The van der Waals surface area contributed by atoms with Crippen LogP contribution >= 0.6 is 0 Å². The van der Waals surface area contributed by atoms with Crippen LogP contribution in [0, 0.1) is 0 Å². The molecule has 0 aromatic carbocycles. The molecule has 0 amide bonds. The minimum Gasteiger partial charge on any atom is -0.481 e. The fraction of sp³-hybridized carbons (Fsp3) is 0.500. The van der Waals surface area contributed by atoms with Crippen LogP contribution in [0.5, 0.6) is 0 Å². The Morgan fingerprint density at radius 3 is 2.75 bits per heavy atom. The molecule has 0 aliphatic rings. The highest BCUT2D eigenvalue weighted by molar-refractivity contribution is 5.62. The predicted molar refractivity (Wildman–Crippen MR) is 13.3 cm³/mol. The normalized spacial score (nSPS) is 20.5. The zero-order valence-electron chi connectivity index (χ0n) is 4.86. The second-order valence-electron chi connectivity index (χ2n) is 0.305. The maximum atomic E-state index is 9.46. The van der Waals surface area contributed by atoms with Crippen molar-refractivity contribution in [2.24, 2.45) is 0 Å². The summed E-state index contributed by atoms with van der Waals surface area (Å²) in [5.41, 5.74) is 0. The third-order valence-corrected chi connectivity index (χ3v) is 0. The molecule has 0 aromatic rings. The molecule has 0 aliphatic carbocycles. The molecule has 2 heteroatoms. The molecule has 0 saturated heterocycles. The van der Waals surface area contributed by atoms with Gasteiger partial charge in [-0.2, -0.15) is 0 Å². The largest absolute Gasteiger partial charge is 0.481 e. The van der Waals surface area contributed by atoms with E-state index in [4.69, 9.17) is 9.22 Å². The summed E-state index contributed by atoms with van der Waals surface area (Å²) in [5.74, 6) is -1.76. The van der Waals surface area contributed by atoms with Crippen LogP contribution in [0.2, 0.25) is 0 Å². The van der Waals surface area contributed by atoms with Crippen LogP contribution in [0.25, 0.3) is 0 Å². The van der Waals surface area contributed by atoms with Crippen LogP contribution in [0.15, 0.2) is 0 Å². The number of aliphatic carboxylic acids is 1. The molecule has 24 valence electrons. The fourth-order valence-electron chi connectivity index (χ4n) is 0. The third-order valence-electron chi connectivity index (χ3n) is 0. The first-order chi connectivity index (χ1) is 2.94. The molecule has 1 N–H and O–H groups in total. The van der Waals surface area contributed by atoms with Crippen molar-refractivity contribution < 1.29 is 14.0 Å². The van der Waals surface area contributed by atoms with Gasteiger partial charge in [0.1, 0.15) is 0 Å². The molecule has 2 nitrogen and oxygen atoms in total. The van der Waals surface area contributed by atoms with Crippen molar-refractivity contribution >= 4 is 5.97 Å². The summed E-state index contributed by atoms with van der Waals surface area (Å²) in [7, 11) is 0. The number of carboxylic acids is 1. The van der Waals surface area contributed by atoms with E-state index in [0.717, 1.165) is 0 Å². The van der Waals surface area contributed by atoms with E-state index < -0.39 is 12.8 Å². The monoisotopic (exact) mass is 66.0 g/mol. The summed E-state index contributed by atoms with van der Waals surface area (Å²) in [6.45, 7) is -2.83. The van der Waals surface area contributed by atoms with Crippen LogP contribution in [-0.2, 0) is 4.79 Å². The highest BCUT2D eigenvalue weighted by atomic mass is 16.4. The zero-order chi connectivity index (χ0) is 6.08. The lowest BCUT2D eigenvalue weighted by molar-refractivity contribution is -0.134. The van der Waals surface area contributed by atoms with E-state index in [-0.39, 0.29) is 0 Å². The second kappa shape index (κ2) is 0.875. The van der Waals surface area contributed by atoms with Gasteiger partial charge in [-0.3, -0.25) is 4.79 Å². The van der Waals surface area contributed by atoms with Crippen molar-refractivity contribution in [2.75, 3.05) is 0 Å². The molecule has 0 bridgehead atoms. The van der Waals surface area contributed by atoms with Crippen molar-refractivity contribution in [1.29, 1.82) is 0 Å². The van der Waals surface area contributed by atoms with Crippen LogP contribution in [0.1, 0.15) is 11.0 Å². The number of carbonyl (C=O) groups is 1. The van der Waals surface area contributed by atoms with Crippen molar-refractivity contribution in [3.05, 3.63) is 0 Å². The van der Waals surface area contributed by atoms with Gasteiger partial charge in [-0.15, -0.1) is 0 Å². The maximum Gasteiger partial charge on any atom is 0.300 e. The van der Waals surface area contributed by atoms with E-state index in [9.17, 15) is 4.79 Å². The Balaban J connectivity index is 3.79. The van der Waals surface area contributed by atoms with Crippen LogP contribution in [0.4, 0.5) is 0 Å². The Hall–Kier alpha value is -0.530. The Kier molecular flexibility index (Phi) is 0.155.